The Kier molecular flexibility index (Phi) is 6.70. The minimum absolute atomic E-state index is 0. The molecule has 2 N–H and O–H groups in total. The summed E-state index contributed by atoms with van der Waals surface area (Å²) in [5, 5.41) is 11.6. The van der Waals surface area contributed by atoms with Crippen molar-refractivity contribution in [2.75, 3.05) is 10.6 Å². The number of allylic oxidation sites excluding steroid dienone is 1. The maximum atomic E-state index is 12.7. The molecular weight excluding hydrogens is 481 g/mol. The van der Waals surface area contributed by atoms with E-state index >= 15 is 0 Å². The Hall–Kier alpha value is -3.32. The van der Waals surface area contributed by atoms with Gasteiger partial charge in [0.25, 0.3) is 11.9 Å². The fourth-order valence-corrected chi connectivity index (χ4v) is 3.89. The molecule has 1 aliphatic heterocycles. The van der Waals surface area contributed by atoms with E-state index in [2.05, 4.69) is 26.8 Å². The summed E-state index contributed by atoms with van der Waals surface area (Å²) in [4.78, 5) is 17.2. The van der Waals surface area contributed by atoms with Crippen molar-refractivity contribution in [1.29, 1.82) is 0 Å². The predicted molar refractivity (Wildman–Crippen MR) is 134 cm³/mol. The normalized spacial score (nSPS) is 14.4. The molecular formula is C24H18Cl3N5O. The van der Waals surface area contributed by atoms with E-state index in [-0.39, 0.29) is 30.3 Å². The average molecular weight is 499 g/mol. The Morgan fingerprint density at radius 3 is 2.36 bits per heavy atom. The van der Waals surface area contributed by atoms with Crippen molar-refractivity contribution in [3.8, 4) is 0 Å². The minimum atomic E-state index is -0.377. The van der Waals surface area contributed by atoms with Crippen molar-refractivity contribution in [3.63, 3.8) is 0 Å². The van der Waals surface area contributed by atoms with E-state index in [9.17, 15) is 4.79 Å². The monoisotopic (exact) mass is 497 g/mol. The molecule has 1 atom stereocenters. The third-order valence-electron chi connectivity index (χ3n) is 5.11. The number of nitrogens with one attached hydrogen (secondary N) is 2. The maximum Gasteiger partial charge on any atom is 0.259 e. The molecule has 4 aromatic rings. The average Bonchev–Trinajstić information content (AvgIpc) is 3.22. The molecule has 33 heavy (non-hydrogen) atoms. The first kappa shape index (κ1) is 22.9. The lowest BCUT2D eigenvalue weighted by Crippen LogP contribution is -2.20. The number of carbonyl (C=O) groups excluding carboxylic acids is 1. The molecule has 0 saturated carbocycles. The van der Waals surface area contributed by atoms with E-state index in [1.165, 1.54) is 0 Å². The molecule has 9 heteroatoms. The molecule has 5 rings (SSSR count). The highest BCUT2D eigenvalue weighted by Gasteiger charge is 2.26. The smallest absolute Gasteiger partial charge is 0.259 e. The predicted octanol–water partition coefficient (Wildman–Crippen LogP) is 6.32. The standard InChI is InChI=1S/C24H17Cl2N5O.ClH/c25-17-12-10-16(11-13-17)21-14-20(15-6-2-1-3-7-15)27-24-29-23(30-31(21)24)28-22(32)18-8-4-5-9-19(18)26;/h1-14,21H,(H2,27,28,29,30,32);1H. The molecule has 0 radical (unpaired) electrons. The number of carbonyl (C=O) groups is 1. The van der Waals surface area contributed by atoms with Gasteiger partial charge in [-0.1, -0.05) is 77.8 Å². The van der Waals surface area contributed by atoms with Crippen molar-refractivity contribution < 1.29 is 4.79 Å². The number of aromatic nitrogens is 3. The van der Waals surface area contributed by atoms with E-state index in [1.807, 2.05) is 54.6 Å². The van der Waals surface area contributed by atoms with Crippen LogP contribution in [0.5, 0.6) is 0 Å². The van der Waals surface area contributed by atoms with E-state index in [0.29, 0.717) is 21.6 Å². The summed E-state index contributed by atoms with van der Waals surface area (Å²) >= 11 is 12.2. The first-order valence-electron chi connectivity index (χ1n) is 9.90. The van der Waals surface area contributed by atoms with Crippen molar-refractivity contribution in [2.45, 2.75) is 6.04 Å². The highest BCUT2D eigenvalue weighted by atomic mass is 35.5. The lowest BCUT2D eigenvalue weighted by molar-refractivity contribution is 0.102. The van der Waals surface area contributed by atoms with E-state index in [0.717, 1.165) is 16.8 Å². The summed E-state index contributed by atoms with van der Waals surface area (Å²) in [7, 11) is 0. The van der Waals surface area contributed by atoms with Gasteiger partial charge in [0.15, 0.2) is 0 Å². The number of hydrogen-bond donors (Lipinski definition) is 2. The molecule has 166 valence electrons. The zero-order chi connectivity index (χ0) is 22.1. The Morgan fingerprint density at radius 2 is 1.64 bits per heavy atom. The third kappa shape index (κ3) is 4.73. The van der Waals surface area contributed by atoms with Crippen LogP contribution in [0.3, 0.4) is 0 Å². The van der Waals surface area contributed by atoms with Crippen molar-refractivity contribution in [2.24, 2.45) is 0 Å². The SMILES string of the molecule is Cl.O=C(Nc1nc2n(n1)C(c1ccc(Cl)cc1)C=C(c1ccccc1)N2)c1ccccc1Cl. The summed E-state index contributed by atoms with van der Waals surface area (Å²) in [6.07, 6.45) is 2.07. The molecule has 2 heterocycles. The van der Waals surface area contributed by atoms with E-state index in [1.54, 1.807) is 28.9 Å². The van der Waals surface area contributed by atoms with Crippen LogP contribution in [-0.4, -0.2) is 20.7 Å². The van der Waals surface area contributed by atoms with Crippen LogP contribution in [0.15, 0.2) is 84.9 Å². The van der Waals surface area contributed by atoms with Gasteiger partial charge in [-0.2, -0.15) is 4.98 Å². The lowest BCUT2D eigenvalue weighted by Gasteiger charge is -2.24. The Balaban J connectivity index is 0.00000259. The first-order valence-corrected chi connectivity index (χ1v) is 10.7. The van der Waals surface area contributed by atoms with Gasteiger partial charge in [0.1, 0.15) is 6.04 Å². The zero-order valence-corrected chi connectivity index (χ0v) is 19.4. The molecule has 3 aromatic carbocycles. The van der Waals surface area contributed by atoms with E-state index in [4.69, 9.17) is 23.2 Å². The summed E-state index contributed by atoms with van der Waals surface area (Å²) in [5.74, 6) is 0.317. The van der Waals surface area contributed by atoms with Crippen LogP contribution in [-0.2, 0) is 0 Å². The van der Waals surface area contributed by atoms with Gasteiger partial charge in [-0.25, -0.2) is 4.68 Å². The van der Waals surface area contributed by atoms with Gasteiger partial charge in [0.2, 0.25) is 5.95 Å². The van der Waals surface area contributed by atoms with Crippen LogP contribution in [0.2, 0.25) is 10.0 Å². The highest BCUT2D eigenvalue weighted by Crippen LogP contribution is 2.33. The second-order valence-electron chi connectivity index (χ2n) is 7.21. The van der Waals surface area contributed by atoms with Crippen LogP contribution in [0.4, 0.5) is 11.9 Å². The van der Waals surface area contributed by atoms with Crippen LogP contribution >= 0.6 is 35.6 Å². The first-order chi connectivity index (χ1) is 15.6. The van der Waals surface area contributed by atoms with Gasteiger partial charge in [-0.3, -0.25) is 10.1 Å². The minimum Gasteiger partial charge on any atom is -0.324 e. The zero-order valence-electron chi connectivity index (χ0n) is 17.1. The van der Waals surface area contributed by atoms with Gasteiger partial charge in [0, 0.05) is 10.7 Å². The fraction of sp³-hybridized carbons (Fsp3) is 0.0417. The van der Waals surface area contributed by atoms with Gasteiger partial charge in [0.05, 0.1) is 10.6 Å². The molecule has 1 amide bonds. The van der Waals surface area contributed by atoms with Crippen LogP contribution < -0.4 is 10.6 Å². The van der Waals surface area contributed by atoms with Crippen molar-refractivity contribution in [1.82, 2.24) is 14.8 Å². The van der Waals surface area contributed by atoms with Gasteiger partial charge >= 0.3 is 0 Å². The molecule has 0 saturated heterocycles. The van der Waals surface area contributed by atoms with Crippen molar-refractivity contribution in [3.05, 3.63) is 112 Å². The lowest BCUT2D eigenvalue weighted by atomic mass is 10.0. The molecule has 1 aromatic heterocycles. The maximum absolute atomic E-state index is 12.7. The number of anilines is 2. The Labute approximate surface area is 206 Å². The number of rotatable bonds is 4. The van der Waals surface area contributed by atoms with Crippen LogP contribution in [0.25, 0.3) is 5.70 Å². The second kappa shape index (κ2) is 9.67. The topological polar surface area (TPSA) is 71.8 Å². The summed E-state index contributed by atoms with van der Waals surface area (Å²) < 4.78 is 1.73. The van der Waals surface area contributed by atoms with E-state index < -0.39 is 0 Å². The molecule has 0 bridgehead atoms. The fourth-order valence-electron chi connectivity index (χ4n) is 3.54. The number of nitrogens with zero attached hydrogens (tertiary/aromatic N) is 3. The summed E-state index contributed by atoms with van der Waals surface area (Å²) in [6, 6.07) is 24.1. The Morgan fingerprint density at radius 1 is 0.939 bits per heavy atom. The number of halogens is 3. The highest BCUT2D eigenvalue weighted by molar-refractivity contribution is 6.34. The summed E-state index contributed by atoms with van der Waals surface area (Å²) in [5.41, 5.74) is 3.25. The molecule has 6 nitrogen and oxygen atoms in total. The molecule has 0 aliphatic carbocycles. The van der Waals surface area contributed by atoms with Crippen LogP contribution in [0.1, 0.15) is 27.5 Å². The third-order valence-corrected chi connectivity index (χ3v) is 5.69. The second-order valence-corrected chi connectivity index (χ2v) is 8.05. The Bertz CT molecular complexity index is 1320. The largest absolute Gasteiger partial charge is 0.324 e. The number of hydrogen-bond acceptors (Lipinski definition) is 4. The number of amides is 1. The van der Waals surface area contributed by atoms with Gasteiger partial charge < -0.3 is 5.32 Å². The quantitative estimate of drug-likeness (QED) is 0.346. The number of fused-ring (bicyclic) bond motifs is 1. The molecule has 0 fully saturated rings. The van der Waals surface area contributed by atoms with Crippen LogP contribution in [0, 0.1) is 0 Å². The molecule has 1 unspecified atom stereocenters. The van der Waals surface area contributed by atoms with Crippen molar-refractivity contribution >= 4 is 59.1 Å². The van der Waals surface area contributed by atoms with Gasteiger partial charge in [-0.05, 0) is 41.5 Å². The molecule has 0 spiro atoms. The molecule has 1 aliphatic rings. The number of benzene rings is 3. The summed E-state index contributed by atoms with van der Waals surface area (Å²) in [6.45, 7) is 0. The van der Waals surface area contributed by atoms with Gasteiger partial charge in [-0.15, -0.1) is 17.5 Å².